The lowest BCUT2D eigenvalue weighted by Crippen LogP contribution is -2.21. The van der Waals surface area contributed by atoms with Crippen molar-refractivity contribution in [3.63, 3.8) is 0 Å². The Kier molecular flexibility index (Phi) is 3.83. The Morgan fingerprint density at radius 3 is 1.77 bits per heavy atom. The molecule has 0 saturated carbocycles. The zero-order chi connectivity index (χ0) is 16.9. The smallest absolute Gasteiger partial charge is 0.137 e. The Bertz CT molecular complexity index is 578. The van der Waals surface area contributed by atoms with Gasteiger partial charge in [-0.2, -0.15) is 0 Å². The SMILES string of the molecule is CC1(C)CC(c2cc(C(C)(C)C)c(O)c(C(C)(C)C)c2)=NO1. The summed E-state index contributed by atoms with van der Waals surface area (Å²) in [6.45, 7) is 16.8. The topological polar surface area (TPSA) is 41.8 Å². The van der Waals surface area contributed by atoms with Crippen LogP contribution in [0.3, 0.4) is 0 Å². The van der Waals surface area contributed by atoms with Crippen LogP contribution in [0.15, 0.2) is 17.3 Å². The Morgan fingerprint density at radius 1 is 1.00 bits per heavy atom. The maximum Gasteiger partial charge on any atom is 0.137 e. The van der Waals surface area contributed by atoms with Gasteiger partial charge in [0.25, 0.3) is 0 Å². The van der Waals surface area contributed by atoms with Gasteiger partial charge in [-0.05, 0) is 36.8 Å². The number of phenols is 1. The van der Waals surface area contributed by atoms with E-state index in [1.807, 2.05) is 13.8 Å². The number of rotatable bonds is 1. The lowest BCUT2D eigenvalue weighted by Gasteiger charge is -2.28. The predicted molar refractivity (Wildman–Crippen MR) is 91.8 cm³/mol. The van der Waals surface area contributed by atoms with Gasteiger partial charge >= 0.3 is 0 Å². The van der Waals surface area contributed by atoms with E-state index >= 15 is 0 Å². The molecular formula is C19H29NO2. The zero-order valence-electron chi connectivity index (χ0n) is 15.2. The van der Waals surface area contributed by atoms with Crippen molar-refractivity contribution in [1.29, 1.82) is 0 Å². The lowest BCUT2D eigenvalue weighted by atomic mass is 9.77. The van der Waals surface area contributed by atoms with Gasteiger partial charge in [0, 0.05) is 23.1 Å². The largest absolute Gasteiger partial charge is 0.507 e. The van der Waals surface area contributed by atoms with E-state index in [-0.39, 0.29) is 16.4 Å². The molecule has 0 bridgehead atoms. The Hall–Kier alpha value is -1.51. The first-order valence-electron chi connectivity index (χ1n) is 7.95. The van der Waals surface area contributed by atoms with Crippen LogP contribution in [0.5, 0.6) is 5.75 Å². The van der Waals surface area contributed by atoms with E-state index < -0.39 is 0 Å². The molecule has 1 aromatic rings. The number of aromatic hydroxyl groups is 1. The normalized spacial score (nSPS) is 18.1. The molecule has 0 unspecified atom stereocenters. The molecule has 1 aliphatic heterocycles. The van der Waals surface area contributed by atoms with E-state index in [1.54, 1.807) is 0 Å². The highest BCUT2D eigenvalue weighted by atomic mass is 16.7. The highest BCUT2D eigenvalue weighted by Gasteiger charge is 2.32. The van der Waals surface area contributed by atoms with E-state index in [0.29, 0.717) is 5.75 Å². The first kappa shape index (κ1) is 16.9. The predicted octanol–water partition coefficient (Wildman–Crippen LogP) is 4.89. The van der Waals surface area contributed by atoms with E-state index in [0.717, 1.165) is 28.8 Å². The molecule has 0 saturated heterocycles. The molecule has 0 aromatic heterocycles. The molecular weight excluding hydrogens is 274 g/mol. The van der Waals surface area contributed by atoms with Gasteiger partial charge in [0.2, 0.25) is 0 Å². The summed E-state index contributed by atoms with van der Waals surface area (Å²) in [7, 11) is 0. The van der Waals surface area contributed by atoms with Crippen LogP contribution in [0.4, 0.5) is 0 Å². The van der Waals surface area contributed by atoms with Crippen LogP contribution in [0, 0.1) is 0 Å². The molecule has 122 valence electrons. The quantitative estimate of drug-likeness (QED) is 0.802. The summed E-state index contributed by atoms with van der Waals surface area (Å²) < 4.78 is 0. The molecule has 0 atom stereocenters. The third-order valence-electron chi connectivity index (χ3n) is 4.06. The van der Waals surface area contributed by atoms with E-state index in [9.17, 15) is 5.11 Å². The number of nitrogens with zero attached hydrogens (tertiary/aromatic N) is 1. The fourth-order valence-corrected chi connectivity index (χ4v) is 2.75. The van der Waals surface area contributed by atoms with Crippen molar-refractivity contribution in [3.05, 3.63) is 28.8 Å². The number of benzene rings is 1. The summed E-state index contributed by atoms with van der Waals surface area (Å²) in [5.41, 5.74) is 3.42. The fraction of sp³-hybridized carbons (Fsp3) is 0.632. The van der Waals surface area contributed by atoms with Crippen molar-refractivity contribution in [2.24, 2.45) is 5.16 Å². The van der Waals surface area contributed by atoms with Gasteiger partial charge in [0.1, 0.15) is 11.4 Å². The van der Waals surface area contributed by atoms with Gasteiger partial charge in [-0.1, -0.05) is 46.7 Å². The van der Waals surface area contributed by atoms with E-state index in [2.05, 4.69) is 58.8 Å². The van der Waals surface area contributed by atoms with Gasteiger partial charge in [0.05, 0.1) is 5.71 Å². The van der Waals surface area contributed by atoms with Crippen molar-refractivity contribution >= 4 is 5.71 Å². The van der Waals surface area contributed by atoms with Gasteiger partial charge < -0.3 is 9.94 Å². The van der Waals surface area contributed by atoms with Crippen LogP contribution < -0.4 is 0 Å². The molecule has 3 heteroatoms. The Balaban J connectivity index is 2.62. The van der Waals surface area contributed by atoms with Crippen LogP contribution in [0.25, 0.3) is 0 Å². The van der Waals surface area contributed by atoms with Crippen molar-refractivity contribution in [3.8, 4) is 5.75 Å². The number of hydrogen-bond acceptors (Lipinski definition) is 3. The number of hydrogen-bond donors (Lipinski definition) is 1. The van der Waals surface area contributed by atoms with Gasteiger partial charge in [0.15, 0.2) is 0 Å². The summed E-state index contributed by atoms with van der Waals surface area (Å²) in [4.78, 5) is 5.51. The highest BCUT2D eigenvalue weighted by molar-refractivity contribution is 6.02. The monoisotopic (exact) mass is 303 g/mol. The molecule has 1 aliphatic rings. The third kappa shape index (κ3) is 3.29. The summed E-state index contributed by atoms with van der Waals surface area (Å²) in [5, 5.41) is 15.0. The molecule has 1 aromatic carbocycles. The fourth-order valence-electron chi connectivity index (χ4n) is 2.75. The third-order valence-corrected chi connectivity index (χ3v) is 4.06. The van der Waals surface area contributed by atoms with Crippen molar-refractivity contribution in [1.82, 2.24) is 0 Å². The summed E-state index contributed by atoms with van der Waals surface area (Å²) >= 11 is 0. The van der Waals surface area contributed by atoms with E-state index in [1.165, 1.54) is 0 Å². The van der Waals surface area contributed by atoms with Crippen LogP contribution in [0.1, 0.15) is 78.5 Å². The summed E-state index contributed by atoms with van der Waals surface area (Å²) in [6, 6.07) is 4.13. The average Bonchev–Trinajstić information content (AvgIpc) is 2.67. The minimum atomic E-state index is -0.253. The number of oxime groups is 1. The molecule has 22 heavy (non-hydrogen) atoms. The minimum absolute atomic E-state index is 0.129. The first-order chi connectivity index (χ1) is 9.81. The lowest BCUT2D eigenvalue weighted by molar-refractivity contribution is 0.0123. The van der Waals surface area contributed by atoms with Crippen molar-refractivity contribution in [2.45, 2.75) is 78.2 Å². The Morgan fingerprint density at radius 2 is 1.45 bits per heavy atom. The first-order valence-corrected chi connectivity index (χ1v) is 7.95. The van der Waals surface area contributed by atoms with Crippen molar-refractivity contribution in [2.75, 3.05) is 0 Å². The molecule has 3 nitrogen and oxygen atoms in total. The molecule has 1 heterocycles. The zero-order valence-corrected chi connectivity index (χ0v) is 15.2. The highest BCUT2D eigenvalue weighted by Crippen LogP contribution is 2.40. The van der Waals surface area contributed by atoms with Crippen LogP contribution in [-0.4, -0.2) is 16.4 Å². The maximum atomic E-state index is 10.8. The standard InChI is InChI=1S/C19H29NO2/c1-17(2,3)13-9-12(15-11-19(7,8)22-20-15)10-14(16(13)21)18(4,5)6/h9-10,21H,11H2,1-8H3. The van der Waals surface area contributed by atoms with Crippen molar-refractivity contribution < 1.29 is 9.94 Å². The molecule has 0 spiro atoms. The molecule has 0 radical (unpaired) electrons. The Labute approximate surface area is 134 Å². The molecule has 1 N–H and O–H groups in total. The minimum Gasteiger partial charge on any atom is -0.507 e. The second-order valence-corrected chi connectivity index (χ2v) is 8.99. The van der Waals surface area contributed by atoms with Crippen LogP contribution in [-0.2, 0) is 15.7 Å². The van der Waals surface area contributed by atoms with Crippen LogP contribution in [0.2, 0.25) is 0 Å². The molecule has 0 aliphatic carbocycles. The summed E-state index contributed by atoms with van der Waals surface area (Å²) in [5.74, 6) is 0.405. The van der Waals surface area contributed by atoms with Gasteiger partial charge in [-0.25, -0.2) is 0 Å². The van der Waals surface area contributed by atoms with Gasteiger partial charge in [-0.3, -0.25) is 0 Å². The summed E-state index contributed by atoms with van der Waals surface area (Å²) in [6.07, 6.45) is 0.783. The van der Waals surface area contributed by atoms with Crippen LogP contribution >= 0.6 is 0 Å². The second kappa shape index (κ2) is 5.00. The maximum absolute atomic E-state index is 10.8. The van der Waals surface area contributed by atoms with Gasteiger partial charge in [-0.15, -0.1) is 0 Å². The molecule has 0 amide bonds. The second-order valence-electron chi connectivity index (χ2n) is 8.99. The molecule has 2 rings (SSSR count). The van der Waals surface area contributed by atoms with E-state index in [4.69, 9.17) is 4.84 Å². The number of phenolic OH excluding ortho intramolecular Hbond substituents is 1. The average molecular weight is 303 g/mol. The molecule has 0 fully saturated rings.